The molecule has 5 nitrogen and oxygen atoms in total. The van der Waals surface area contributed by atoms with Gasteiger partial charge in [-0.1, -0.05) is 18.2 Å². The SMILES string of the molecule is Cc1cccc2ccc(N3CCN(CC(=O)O)CC3)nc12. The largest absolute Gasteiger partial charge is 0.480 e. The molecule has 1 aliphatic heterocycles. The molecule has 1 fully saturated rings. The second-order valence-corrected chi connectivity index (χ2v) is 5.47. The van der Waals surface area contributed by atoms with Gasteiger partial charge in [0.1, 0.15) is 5.82 Å². The van der Waals surface area contributed by atoms with Gasteiger partial charge in [-0.3, -0.25) is 9.69 Å². The van der Waals surface area contributed by atoms with Gasteiger partial charge in [-0.15, -0.1) is 0 Å². The van der Waals surface area contributed by atoms with E-state index in [1.807, 2.05) is 11.0 Å². The van der Waals surface area contributed by atoms with Crippen molar-refractivity contribution in [2.45, 2.75) is 6.92 Å². The molecule has 5 heteroatoms. The van der Waals surface area contributed by atoms with Gasteiger partial charge in [-0.2, -0.15) is 0 Å². The number of aryl methyl sites for hydroxylation is 1. The van der Waals surface area contributed by atoms with E-state index < -0.39 is 5.97 Å². The van der Waals surface area contributed by atoms with Gasteiger partial charge in [0.2, 0.25) is 0 Å². The zero-order valence-electron chi connectivity index (χ0n) is 12.1. The summed E-state index contributed by atoms with van der Waals surface area (Å²) in [6.07, 6.45) is 0. The second kappa shape index (κ2) is 5.69. The summed E-state index contributed by atoms with van der Waals surface area (Å²) in [6.45, 7) is 5.36. The number of carboxylic acids is 1. The highest BCUT2D eigenvalue weighted by atomic mass is 16.4. The minimum atomic E-state index is -0.761. The lowest BCUT2D eigenvalue weighted by molar-refractivity contribution is -0.138. The van der Waals surface area contributed by atoms with Crippen molar-refractivity contribution >= 4 is 22.7 Å². The number of piperazine rings is 1. The van der Waals surface area contributed by atoms with Crippen LogP contribution in [0.5, 0.6) is 0 Å². The molecule has 0 unspecified atom stereocenters. The van der Waals surface area contributed by atoms with Gasteiger partial charge in [-0.05, 0) is 24.6 Å². The second-order valence-electron chi connectivity index (χ2n) is 5.47. The van der Waals surface area contributed by atoms with E-state index >= 15 is 0 Å². The van der Waals surface area contributed by atoms with Crippen LogP contribution in [0.4, 0.5) is 5.82 Å². The molecular weight excluding hydrogens is 266 g/mol. The van der Waals surface area contributed by atoms with Gasteiger partial charge >= 0.3 is 5.97 Å². The van der Waals surface area contributed by atoms with Gasteiger partial charge in [0.15, 0.2) is 0 Å². The van der Waals surface area contributed by atoms with Crippen molar-refractivity contribution in [3.8, 4) is 0 Å². The van der Waals surface area contributed by atoms with Crippen molar-refractivity contribution < 1.29 is 9.90 Å². The monoisotopic (exact) mass is 285 g/mol. The molecule has 21 heavy (non-hydrogen) atoms. The van der Waals surface area contributed by atoms with E-state index in [2.05, 4.69) is 36.1 Å². The van der Waals surface area contributed by atoms with Gasteiger partial charge in [-0.25, -0.2) is 4.98 Å². The fourth-order valence-electron chi connectivity index (χ4n) is 2.79. The number of pyridine rings is 1. The van der Waals surface area contributed by atoms with Gasteiger partial charge < -0.3 is 10.0 Å². The molecule has 1 saturated heterocycles. The van der Waals surface area contributed by atoms with Crippen LogP contribution in [-0.4, -0.2) is 53.7 Å². The number of hydrogen-bond donors (Lipinski definition) is 1. The Kier molecular flexibility index (Phi) is 3.75. The zero-order chi connectivity index (χ0) is 14.8. The first-order valence-electron chi connectivity index (χ1n) is 7.19. The lowest BCUT2D eigenvalue weighted by atomic mass is 10.1. The number of anilines is 1. The van der Waals surface area contributed by atoms with Gasteiger partial charge in [0.05, 0.1) is 12.1 Å². The van der Waals surface area contributed by atoms with Gasteiger partial charge in [0.25, 0.3) is 0 Å². The van der Waals surface area contributed by atoms with Gasteiger partial charge in [0, 0.05) is 31.6 Å². The van der Waals surface area contributed by atoms with E-state index in [-0.39, 0.29) is 6.54 Å². The van der Waals surface area contributed by atoms with Crippen LogP contribution in [0.25, 0.3) is 10.9 Å². The van der Waals surface area contributed by atoms with Crippen LogP contribution in [0.1, 0.15) is 5.56 Å². The third kappa shape index (κ3) is 2.97. The first-order valence-corrected chi connectivity index (χ1v) is 7.19. The normalized spacial score (nSPS) is 16.3. The molecule has 1 aromatic carbocycles. The maximum absolute atomic E-state index is 10.7. The van der Waals surface area contributed by atoms with E-state index in [1.165, 1.54) is 5.56 Å². The molecule has 0 radical (unpaired) electrons. The van der Waals surface area contributed by atoms with Crippen LogP contribution in [0.2, 0.25) is 0 Å². The summed E-state index contributed by atoms with van der Waals surface area (Å²) >= 11 is 0. The number of hydrogen-bond acceptors (Lipinski definition) is 4. The van der Waals surface area contributed by atoms with E-state index in [9.17, 15) is 4.79 Å². The summed E-state index contributed by atoms with van der Waals surface area (Å²) in [7, 11) is 0. The molecule has 2 aromatic rings. The smallest absolute Gasteiger partial charge is 0.317 e. The number of aromatic nitrogens is 1. The van der Waals surface area contributed by atoms with Crippen molar-refractivity contribution in [1.82, 2.24) is 9.88 Å². The number of aliphatic carboxylic acids is 1. The molecule has 0 atom stereocenters. The molecule has 1 N–H and O–H groups in total. The Morgan fingerprint density at radius 3 is 2.67 bits per heavy atom. The zero-order valence-corrected chi connectivity index (χ0v) is 12.1. The average Bonchev–Trinajstić information content (AvgIpc) is 2.48. The van der Waals surface area contributed by atoms with E-state index in [0.29, 0.717) is 0 Å². The maximum atomic E-state index is 10.7. The van der Waals surface area contributed by atoms with Crippen molar-refractivity contribution in [3.63, 3.8) is 0 Å². The van der Waals surface area contributed by atoms with Crippen molar-refractivity contribution in [2.24, 2.45) is 0 Å². The third-order valence-electron chi connectivity index (χ3n) is 3.96. The predicted octanol–water partition coefficient (Wildman–Crippen LogP) is 1.75. The summed E-state index contributed by atoms with van der Waals surface area (Å²) in [4.78, 5) is 19.7. The summed E-state index contributed by atoms with van der Waals surface area (Å²) in [5.74, 6) is 0.217. The van der Waals surface area contributed by atoms with Crippen LogP contribution in [0, 0.1) is 6.92 Å². The molecule has 0 bridgehead atoms. The maximum Gasteiger partial charge on any atom is 0.317 e. The molecular formula is C16H19N3O2. The van der Waals surface area contributed by atoms with E-state index in [4.69, 9.17) is 10.1 Å². The van der Waals surface area contributed by atoms with Crippen LogP contribution in [-0.2, 0) is 4.79 Å². The summed E-state index contributed by atoms with van der Waals surface area (Å²) in [5, 5.41) is 9.99. The topological polar surface area (TPSA) is 56.7 Å². The molecule has 2 heterocycles. The molecule has 1 aromatic heterocycles. The molecule has 3 rings (SSSR count). The number of nitrogens with zero attached hydrogens (tertiary/aromatic N) is 3. The standard InChI is InChI=1S/C16H19N3O2/c1-12-3-2-4-13-5-6-14(17-16(12)13)19-9-7-18(8-10-19)11-15(20)21/h2-6H,7-11H2,1H3,(H,20,21). The first-order chi connectivity index (χ1) is 10.1. The lowest BCUT2D eigenvalue weighted by Crippen LogP contribution is -2.48. The predicted molar refractivity (Wildman–Crippen MR) is 82.8 cm³/mol. The fraction of sp³-hybridized carbons (Fsp3) is 0.375. The number of carboxylic acid groups (broad SMARTS) is 1. The third-order valence-corrected chi connectivity index (χ3v) is 3.96. The highest BCUT2D eigenvalue weighted by Crippen LogP contribution is 2.21. The van der Waals surface area contributed by atoms with E-state index in [0.717, 1.165) is 42.9 Å². The number of carbonyl (C=O) groups is 1. The summed E-state index contributed by atoms with van der Waals surface area (Å²) in [6, 6.07) is 10.3. The Labute approximate surface area is 123 Å². The van der Waals surface area contributed by atoms with Crippen molar-refractivity contribution in [2.75, 3.05) is 37.6 Å². The van der Waals surface area contributed by atoms with Crippen LogP contribution in [0.15, 0.2) is 30.3 Å². The van der Waals surface area contributed by atoms with E-state index in [1.54, 1.807) is 0 Å². The highest BCUT2D eigenvalue weighted by Gasteiger charge is 2.19. The quantitative estimate of drug-likeness (QED) is 0.931. The fourth-order valence-corrected chi connectivity index (χ4v) is 2.79. The van der Waals surface area contributed by atoms with Crippen molar-refractivity contribution in [1.29, 1.82) is 0 Å². The number of fused-ring (bicyclic) bond motifs is 1. The number of benzene rings is 1. The van der Waals surface area contributed by atoms with Crippen LogP contribution < -0.4 is 4.90 Å². The summed E-state index contributed by atoms with van der Waals surface area (Å²) in [5.41, 5.74) is 2.22. The minimum Gasteiger partial charge on any atom is -0.480 e. The van der Waals surface area contributed by atoms with Crippen molar-refractivity contribution in [3.05, 3.63) is 35.9 Å². The number of rotatable bonds is 3. The Morgan fingerprint density at radius 2 is 1.95 bits per heavy atom. The Morgan fingerprint density at radius 1 is 1.19 bits per heavy atom. The minimum absolute atomic E-state index is 0.123. The highest BCUT2D eigenvalue weighted by molar-refractivity contribution is 5.83. The molecule has 0 spiro atoms. The average molecular weight is 285 g/mol. The molecule has 0 aliphatic carbocycles. The molecule has 110 valence electrons. The Balaban J connectivity index is 1.76. The Bertz CT molecular complexity index is 664. The molecule has 1 aliphatic rings. The Hall–Kier alpha value is -2.14. The first kappa shape index (κ1) is 13.8. The lowest BCUT2D eigenvalue weighted by Gasteiger charge is -2.34. The summed E-state index contributed by atoms with van der Waals surface area (Å²) < 4.78 is 0. The van der Waals surface area contributed by atoms with Crippen LogP contribution >= 0.6 is 0 Å². The molecule has 0 saturated carbocycles. The molecule has 0 amide bonds. The number of para-hydroxylation sites is 1. The van der Waals surface area contributed by atoms with Crippen LogP contribution in [0.3, 0.4) is 0 Å².